The molecule has 1 heterocycles. The average Bonchev–Trinajstić information content (AvgIpc) is 2.66. The van der Waals surface area contributed by atoms with Gasteiger partial charge in [-0.2, -0.15) is 0 Å². The molecule has 1 saturated carbocycles. The van der Waals surface area contributed by atoms with Crippen LogP contribution in [0.4, 0.5) is 0 Å². The molecule has 4 unspecified atom stereocenters. The number of carbonyl (C=O) groups is 1. The highest BCUT2D eigenvalue weighted by Gasteiger charge is 2.37. The summed E-state index contributed by atoms with van der Waals surface area (Å²) in [6.07, 6.45) is 5.07. The standard InChI is InChI=1S/C19H34N2O/c1-12(2)10-11-21-18(15(5)16(6)19(21)22)20-17-9-7-8-13(3)14(17)4/h12-14,17-18,20H,7-11H2,1-6H3. The molecule has 0 spiro atoms. The molecule has 1 aliphatic heterocycles. The first kappa shape index (κ1) is 17.5. The van der Waals surface area contributed by atoms with E-state index in [4.69, 9.17) is 0 Å². The van der Waals surface area contributed by atoms with E-state index in [0.29, 0.717) is 17.9 Å². The minimum Gasteiger partial charge on any atom is -0.319 e. The van der Waals surface area contributed by atoms with Gasteiger partial charge in [0, 0.05) is 18.2 Å². The predicted octanol–water partition coefficient (Wildman–Crippen LogP) is 3.95. The zero-order valence-electron chi connectivity index (χ0n) is 15.3. The summed E-state index contributed by atoms with van der Waals surface area (Å²) in [7, 11) is 0. The van der Waals surface area contributed by atoms with E-state index in [-0.39, 0.29) is 12.1 Å². The molecule has 1 fully saturated rings. The van der Waals surface area contributed by atoms with Crippen LogP contribution in [-0.2, 0) is 4.79 Å². The van der Waals surface area contributed by atoms with E-state index in [0.717, 1.165) is 24.5 Å². The van der Waals surface area contributed by atoms with E-state index >= 15 is 0 Å². The highest BCUT2D eigenvalue weighted by molar-refractivity contribution is 5.96. The minimum atomic E-state index is 0.115. The zero-order chi connectivity index (χ0) is 16.4. The average molecular weight is 306 g/mol. The second-order valence-corrected chi connectivity index (χ2v) is 7.93. The lowest BCUT2D eigenvalue weighted by Crippen LogP contribution is -2.53. The van der Waals surface area contributed by atoms with Gasteiger partial charge < -0.3 is 4.90 Å². The van der Waals surface area contributed by atoms with Crippen LogP contribution in [0.25, 0.3) is 0 Å². The molecule has 0 radical (unpaired) electrons. The van der Waals surface area contributed by atoms with Gasteiger partial charge in [-0.05, 0) is 50.0 Å². The molecule has 0 bridgehead atoms. The van der Waals surface area contributed by atoms with E-state index < -0.39 is 0 Å². The number of nitrogens with one attached hydrogen (secondary N) is 1. The fourth-order valence-electron chi connectivity index (χ4n) is 3.80. The van der Waals surface area contributed by atoms with Crippen LogP contribution in [0.1, 0.15) is 67.2 Å². The van der Waals surface area contributed by atoms with Crippen molar-refractivity contribution in [2.45, 2.75) is 79.4 Å². The van der Waals surface area contributed by atoms with Crippen LogP contribution in [0.5, 0.6) is 0 Å². The Kier molecular flexibility index (Phi) is 5.70. The van der Waals surface area contributed by atoms with Gasteiger partial charge in [-0.3, -0.25) is 10.1 Å². The molecule has 1 N–H and O–H groups in total. The third-order valence-electron chi connectivity index (χ3n) is 5.92. The van der Waals surface area contributed by atoms with Crippen LogP contribution in [0, 0.1) is 17.8 Å². The molecule has 2 aliphatic rings. The first-order chi connectivity index (χ1) is 10.3. The zero-order valence-corrected chi connectivity index (χ0v) is 15.3. The third-order valence-corrected chi connectivity index (χ3v) is 5.92. The maximum absolute atomic E-state index is 12.6. The van der Waals surface area contributed by atoms with Gasteiger partial charge in [-0.25, -0.2) is 0 Å². The number of rotatable bonds is 5. The van der Waals surface area contributed by atoms with Gasteiger partial charge in [-0.1, -0.05) is 40.5 Å². The fraction of sp³-hybridized carbons (Fsp3) is 0.842. The highest BCUT2D eigenvalue weighted by Crippen LogP contribution is 2.32. The lowest BCUT2D eigenvalue weighted by molar-refractivity contribution is -0.127. The molecule has 3 nitrogen and oxygen atoms in total. The molecule has 126 valence electrons. The van der Waals surface area contributed by atoms with Crippen molar-refractivity contribution in [1.29, 1.82) is 0 Å². The molecular weight excluding hydrogens is 272 g/mol. The van der Waals surface area contributed by atoms with Crippen LogP contribution in [0.3, 0.4) is 0 Å². The summed E-state index contributed by atoms with van der Waals surface area (Å²) >= 11 is 0. The fourth-order valence-corrected chi connectivity index (χ4v) is 3.80. The molecule has 0 saturated heterocycles. The smallest absolute Gasteiger partial charge is 0.251 e. The van der Waals surface area contributed by atoms with Crippen molar-refractivity contribution in [3.8, 4) is 0 Å². The van der Waals surface area contributed by atoms with Crippen molar-refractivity contribution < 1.29 is 4.79 Å². The Morgan fingerprint density at radius 3 is 2.55 bits per heavy atom. The number of hydrogen-bond acceptors (Lipinski definition) is 2. The van der Waals surface area contributed by atoms with Gasteiger partial charge in [0.05, 0.1) is 0 Å². The Balaban J connectivity index is 2.09. The largest absolute Gasteiger partial charge is 0.319 e. The summed E-state index contributed by atoms with van der Waals surface area (Å²) in [4.78, 5) is 14.6. The van der Waals surface area contributed by atoms with Crippen molar-refractivity contribution in [2.24, 2.45) is 17.8 Å². The number of nitrogens with zero attached hydrogens (tertiary/aromatic N) is 1. The van der Waals surface area contributed by atoms with Crippen LogP contribution in [0.15, 0.2) is 11.1 Å². The van der Waals surface area contributed by atoms with Crippen molar-refractivity contribution in [1.82, 2.24) is 10.2 Å². The molecule has 1 aliphatic carbocycles. The quantitative estimate of drug-likeness (QED) is 0.834. The summed E-state index contributed by atoms with van der Waals surface area (Å²) in [5.74, 6) is 2.32. The van der Waals surface area contributed by atoms with Crippen molar-refractivity contribution in [3.63, 3.8) is 0 Å². The van der Waals surface area contributed by atoms with Gasteiger partial charge in [0.2, 0.25) is 0 Å². The Morgan fingerprint density at radius 2 is 1.91 bits per heavy atom. The highest BCUT2D eigenvalue weighted by atomic mass is 16.2. The van der Waals surface area contributed by atoms with Gasteiger partial charge in [0.15, 0.2) is 0 Å². The normalized spacial score (nSPS) is 33.2. The van der Waals surface area contributed by atoms with Crippen molar-refractivity contribution in [2.75, 3.05) is 6.54 Å². The molecule has 1 amide bonds. The van der Waals surface area contributed by atoms with Gasteiger partial charge in [0.1, 0.15) is 6.17 Å². The predicted molar refractivity (Wildman–Crippen MR) is 92.4 cm³/mol. The van der Waals surface area contributed by atoms with Gasteiger partial charge in [0.25, 0.3) is 5.91 Å². The molecule has 3 heteroatoms. The first-order valence-corrected chi connectivity index (χ1v) is 9.07. The molecule has 22 heavy (non-hydrogen) atoms. The molecule has 0 aromatic rings. The Bertz CT molecular complexity index is 441. The lowest BCUT2D eigenvalue weighted by atomic mass is 9.78. The lowest BCUT2D eigenvalue weighted by Gasteiger charge is -2.39. The number of amides is 1. The minimum absolute atomic E-state index is 0.115. The van der Waals surface area contributed by atoms with Crippen LogP contribution in [0.2, 0.25) is 0 Å². The summed E-state index contributed by atoms with van der Waals surface area (Å²) in [5, 5.41) is 3.83. The van der Waals surface area contributed by atoms with E-state index in [1.54, 1.807) is 0 Å². The van der Waals surface area contributed by atoms with E-state index in [2.05, 4.69) is 44.8 Å². The van der Waals surface area contributed by atoms with Gasteiger partial charge >= 0.3 is 0 Å². The maximum atomic E-state index is 12.6. The number of hydrogen-bond donors (Lipinski definition) is 1. The first-order valence-electron chi connectivity index (χ1n) is 9.07. The maximum Gasteiger partial charge on any atom is 0.251 e. The van der Waals surface area contributed by atoms with Crippen LogP contribution in [-0.4, -0.2) is 29.6 Å². The number of carbonyl (C=O) groups excluding carboxylic acids is 1. The summed E-state index contributed by atoms with van der Waals surface area (Å²) in [6.45, 7) is 14.1. The third kappa shape index (κ3) is 3.56. The van der Waals surface area contributed by atoms with Crippen LogP contribution >= 0.6 is 0 Å². The molecule has 0 aromatic heterocycles. The van der Waals surface area contributed by atoms with E-state index in [1.165, 1.54) is 24.8 Å². The molecule has 2 rings (SSSR count). The summed E-state index contributed by atoms with van der Waals surface area (Å²) in [6, 6.07) is 0.531. The van der Waals surface area contributed by atoms with E-state index in [1.807, 2.05) is 6.92 Å². The SMILES string of the molecule is CC1=C(C)C(NC2CCCC(C)C2C)N(CCC(C)C)C1=O. The Labute approximate surface area is 136 Å². The molecular formula is C19H34N2O. The van der Waals surface area contributed by atoms with E-state index in [9.17, 15) is 4.79 Å². The topological polar surface area (TPSA) is 32.3 Å². The monoisotopic (exact) mass is 306 g/mol. The molecule has 0 aromatic carbocycles. The van der Waals surface area contributed by atoms with Crippen molar-refractivity contribution in [3.05, 3.63) is 11.1 Å². The summed E-state index contributed by atoms with van der Waals surface area (Å²) in [5.41, 5.74) is 2.16. The van der Waals surface area contributed by atoms with Crippen molar-refractivity contribution >= 4 is 5.91 Å². The summed E-state index contributed by atoms with van der Waals surface area (Å²) < 4.78 is 0. The van der Waals surface area contributed by atoms with Gasteiger partial charge in [-0.15, -0.1) is 0 Å². The van der Waals surface area contributed by atoms with Crippen LogP contribution < -0.4 is 5.32 Å². The second-order valence-electron chi connectivity index (χ2n) is 7.93. The second kappa shape index (κ2) is 7.16. The Hall–Kier alpha value is -0.830. The molecule has 4 atom stereocenters. The Morgan fingerprint density at radius 1 is 1.23 bits per heavy atom.